The summed E-state index contributed by atoms with van der Waals surface area (Å²) in [7, 11) is 0. The molecule has 0 aliphatic carbocycles. The lowest BCUT2D eigenvalue weighted by atomic mass is 10.2. The summed E-state index contributed by atoms with van der Waals surface area (Å²) in [5.41, 5.74) is 3.35. The van der Waals surface area contributed by atoms with E-state index in [2.05, 4.69) is 28.3 Å². The van der Waals surface area contributed by atoms with E-state index in [-0.39, 0.29) is 5.91 Å². The molecule has 0 spiro atoms. The van der Waals surface area contributed by atoms with E-state index in [1.165, 1.54) is 4.88 Å². The Balaban J connectivity index is 1.67. The number of aromatic amines is 1. The normalized spacial score (nSPS) is 11.7. The van der Waals surface area contributed by atoms with Crippen molar-refractivity contribution in [1.82, 2.24) is 15.3 Å². The second kappa shape index (κ2) is 7.60. The van der Waals surface area contributed by atoms with Gasteiger partial charge in [-0.1, -0.05) is 42.5 Å². The quantitative estimate of drug-likeness (QED) is 0.494. The number of carbonyl (C=O) groups is 1. The van der Waals surface area contributed by atoms with E-state index in [0.717, 1.165) is 21.5 Å². The topological polar surface area (TPSA) is 57.8 Å². The molecule has 0 atom stereocenters. The van der Waals surface area contributed by atoms with Crippen LogP contribution in [0.3, 0.4) is 0 Å². The van der Waals surface area contributed by atoms with Crippen molar-refractivity contribution in [3.8, 4) is 0 Å². The lowest BCUT2D eigenvalue weighted by molar-refractivity contribution is -0.115. The predicted molar refractivity (Wildman–Crippen MR) is 111 cm³/mol. The predicted octanol–water partition coefficient (Wildman–Crippen LogP) is 4.79. The average Bonchev–Trinajstić information content (AvgIpc) is 3.30. The highest BCUT2D eigenvalue weighted by Crippen LogP contribution is 2.24. The SMILES string of the molecule is Cc1ccc(/C=C(/C(=O)NCc2ccccc2)c2nc3ccccc3[nH]2)s1. The molecule has 27 heavy (non-hydrogen) atoms. The standard InChI is InChI=1S/C22H19N3OS/c1-15-11-12-17(27-15)13-18(21-24-19-9-5-6-10-20(19)25-21)22(26)23-14-16-7-3-2-4-8-16/h2-13H,14H2,1H3,(H,23,26)(H,24,25)/b18-13+. The Morgan fingerprint density at radius 1 is 1.07 bits per heavy atom. The minimum Gasteiger partial charge on any atom is -0.348 e. The third-order valence-corrected chi connectivity index (χ3v) is 5.18. The molecule has 0 unspecified atom stereocenters. The zero-order chi connectivity index (χ0) is 18.6. The molecule has 0 saturated heterocycles. The van der Waals surface area contributed by atoms with E-state index in [4.69, 9.17) is 0 Å². The van der Waals surface area contributed by atoms with Gasteiger partial charge in [-0.3, -0.25) is 4.79 Å². The van der Waals surface area contributed by atoms with E-state index in [9.17, 15) is 4.79 Å². The number of benzene rings is 2. The highest BCUT2D eigenvalue weighted by molar-refractivity contribution is 7.12. The van der Waals surface area contributed by atoms with Crippen molar-refractivity contribution >= 4 is 39.9 Å². The summed E-state index contributed by atoms with van der Waals surface area (Å²) in [6.07, 6.45) is 1.90. The Labute approximate surface area is 161 Å². The molecular formula is C22H19N3OS. The van der Waals surface area contributed by atoms with Crippen LogP contribution < -0.4 is 5.32 Å². The molecule has 0 bridgehead atoms. The van der Waals surface area contributed by atoms with E-state index in [1.54, 1.807) is 11.3 Å². The van der Waals surface area contributed by atoms with Crippen molar-refractivity contribution in [2.45, 2.75) is 13.5 Å². The van der Waals surface area contributed by atoms with Crippen molar-refractivity contribution in [2.24, 2.45) is 0 Å². The van der Waals surface area contributed by atoms with Gasteiger partial charge in [-0.15, -0.1) is 11.3 Å². The minimum atomic E-state index is -0.149. The second-order valence-corrected chi connectivity index (χ2v) is 7.60. The number of carbonyl (C=O) groups excluding carboxylic acids is 1. The Morgan fingerprint density at radius 3 is 2.59 bits per heavy atom. The van der Waals surface area contributed by atoms with Crippen LogP contribution in [0.15, 0.2) is 66.7 Å². The molecule has 0 aliphatic heterocycles. The minimum absolute atomic E-state index is 0.149. The molecule has 4 nitrogen and oxygen atoms in total. The Morgan fingerprint density at radius 2 is 1.85 bits per heavy atom. The molecule has 1 amide bonds. The molecule has 2 N–H and O–H groups in total. The third kappa shape index (κ3) is 3.99. The summed E-state index contributed by atoms with van der Waals surface area (Å²) in [6, 6.07) is 21.7. The largest absolute Gasteiger partial charge is 0.348 e. The van der Waals surface area contributed by atoms with Crippen LogP contribution in [0, 0.1) is 6.92 Å². The van der Waals surface area contributed by atoms with Crippen LogP contribution in [0.4, 0.5) is 0 Å². The van der Waals surface area contributed by atoms with Crippen LogP contribution in [0.2, 0.25) is 0 Å². The van der Waals surface area contributed by atoms with Crippen LogP contribution in [-0.4, -0.2) is 15.9 Å². The van der Waals surface area contributed by atoms with Gasteiger partial charge >= 0.3 is 0 Å². The van der Waals surface area contributed by atoms with E-state index >= 15 is 0 Å². The molecule has 2 heterocycles. The van der Waals surface area contributed by atoms with E-state index in [0.29, 0.717) is 17.9 Å². The first kappa shape index (κ1) is 17.2. The first-order valence-corrected chi connectivity index (χ1v) is 9.56. The van der Waals surface area contributed by atoms with Gasteiger partial charge in [0, 0.05) is 16.3 Å². The van der Waals surface area contributed by atoms with Gasteiger partial charge in [0.05, 0.1) is 16.6 Å². The number of nitrogens with one attached hydrogen (secondary N) is 2. The molecule has 2 aromatic carbocycles. The Bertz CT molecular complexity index is 1080. The number of para-hydroxylation sites is 2. The molecule has 4 rings (SSSR count). The fraction of sp³-hybridized carbons (Fsp3) is 0.0909. The second-order valence-electron chi connectivity index (χ2n) is 6.28. The van der Waals surface area contributed by atoms with Crippen molar-refractivity contribution in [3.05, 3.63) is 87.9 Å². The molecule has 0 radical (unpaired) electrons. The number of hydrogen-bond donors (Lipinski definition) is 2. The van der Waals surface area contributed by atoms with Crippen molar-refractivity contribution in [1.29, 1.82) is 0 Å². The number of nitrogens with zero attached hydrogens (tertiary/aromatic N) is 1. The first-order chi connectivity index (χ1) is 13.2. The molecule has 0 saturated carbocycles. The number of imidazole rings is 1. The molecule has 0 fully saturated rings. The zero-order valence-corrected chi connectivity index (χ0v) is 15.7. The van der Waals surface area contributed by atoms with Crippen LogP contribution in [-0.2, 0) is 11.3 Å². The summed E-state index contributed by atoms with van der Waals surface area (Å²) in [5, 5.41) is 3.01. The summed E-state index contributed by atoms with van der Waals surface area (Å²) >= 11 is 1.65. The number of thiophene rings is 1. The number of amides is 1. The summed E-state index contributed by atoms with van der Waals surface area (Å²) in [6.45, 7) is 2.53. The van der Waals surface area contributed by atoms with Gasteiger partial charge in [-0.25, -0.2) is 4.98 Å². The van der Waals surface area contributed by atoms with Gasteiger partial charge < -0.3 is 10.3 Å². The first-order valence-electron chi connectivity index (χ1n) is 8.74. The maximum atomic E-state index is 13.0. The van der Waals surface area contributed by atoms with Gasteiger partial charge in [-0.05, 0) is 42.8 Å². The zero-order valence-electron chi connectivity index (χ0n) is 14.9. The van der Waals surface area contributed by atoms with Crippen LogP contribution in [0.1, 0.15) is 21.1 Å². The number of aryl methyl sites for hydroxylation is 1. The molecule has 2 aromatic heterocycles. The molecular weight excluding hydrogens is 354 g/mol. The van der Waals surface area contributed by atoms with Crippen molar-refractivity contribution in [3.63, 3.8) is 0 Å². The maximum absolute atomic E-state index is 13.0. The monoisotopic (exact) mass is 373 g/mol. The van der Waals surface area contributed by atoms with Gasteiger partial charge in [0.2, 0.25) is 0 Å². The third-order valence-electron chi connectivity index (χ3n) is 4.23. The van der Waals surface area contributed by atoms with E-state index in [1.807, 2.05) is 66.7 Å². The van der Waals surface area contributed by atoms with Crippen LogP contribution >= 0.6 is 11.3 Å². The molecule has 4 aromatic rings. The van der Waals surface area contributed by atoms with Crippen LogP contribution in [0.5, 0.6) is 0 Å². The smallest absolute Gasteiger partial charge is 0.255 e. The summed E-state index contributed by atoms with van der Waals surface area (Å²) in [5.74, 6) is 0.428. The number of aromatic nitrogens is 2. The van der Waals surface area contributed by atoms with Gasteiger partial charge in [0.25, 0.3) is 5.91 Å². The molecule has 0 aliphatic rings. The van der Waals surface area contributed by atoms with Crippen molar-refractivity contribution < 1.29 is 4.79 Å². The molecule has 5 heteroatoms. The lowest BCUT2D eigenvalue weighted by Gasteiger charge is -2.07. The van der Waals surface area contributed by atoms with Gasteiger partial charge in [0.15, 0.2) is 0 Å². The van der Waals surface area contributed by atoms with E-state index < -0.39 is 0 Å². The maximum Gasteiger partial charge on any atom is 0.255 e. The van der Waals surface area contributed by atoms with Gasteiger partial charge in [0.1, 0.15) is 5.82 Å². The Hall–Kier alpha value is -3.18. The summed E-state index contributed by atoms with van der Waals surface area (Å²) in [4.78, 5) is 23.1. The Kier molecular flexibility index (Phi) is 4.85. The van der Waals surface area contributed by atoms with Crippen LogP contribution in [0.25, 0.3) is 22.7 Å². The fourth-order valence-electron chi connectivity index (χ4n) is 2.87. The number of fused-ring (bicyclic) bond motifs is 1. The summed E-state index contributed by atoms with van der Waals surface area (Å²) < 4.78 is 0. The molecule has 134 valence electrons. The highest BCUT2D eigenvalue weighted by Gasteiger charge is 2.16. The van der Waals surface area contributed by atoms with Gasteiger partial charge in [-0.2, -0.15) is 0 Å². The number of rotatable bonds is 5. The van der Waals surface area contributed by atoms with Crippen molar-refractivity contribution in [2.75, 3.05) is 0 Å². The average molecular weight is 373 g/mol. The number of H-pyrrole nitrogens is 1. The number of hydrogen-bond acceptors (Lipinski definition) is 3. The fourth-order valence-corrected chi connectivity index (χ4v) is 3.69. The lowest BCUT2D eigenvalue weighted by Crippen LogP contribution is -2.24. The highest BCUT2D eigenvalue weighted by atomic mass is 32.1.